The number of hydrogen-bond donors (Lipinski definition) is 1. The summed E-state index contributed by atoms with van der Waals surface area (Å²) in [6.07, 6.45) is 29.2. The van der Waals surface area contributed by atoms with Crippen LogP contribution < -0.4 is 5.32 Å². The molecule has 424 valence electrons. The molecule has 0 aromatic heterocycles. The van der Waals surface area contributed by atoms with Gasteiger partial charge in [-0.3, -0.25) is 28.8 Å². The largest absolute Gasteiger partial charge is 0.465 e. The van der Waals surface area contributed by atoms with Crippen molar-refractivity contribution in [3.63, 3.8) is 0 Å². The highest BCUT2D eigenvalue weighted by Gasteiger charge is 2.38. The van der Waals surface area contributed by atoms with E-state index in [0.717, 1.165) is 116 Å². The summed E-state index contributed by atoms with van der Waals surface area (Å²) in [7, 11) is 0. The van der Waals surface area contributed by atoms with Gasteiger partial charge in [0.15, 0.2) is 0 Å². The van der Waals surface area contributed by atoms with Crippen molar-refractivity contribution in [2.24, 2.45) is 11.3 Å². The second-order valence-corrected chi connectivity index (χ2v) is 20.4. The van der Waals surface area contributed by atoms with Crippen LogP contribution in [0.5, 0.6) is 0 Å². The summed E-state index contributed by atoms with van der Waals surface area (Å²) in [6, 6.07) is 0. The van der Waals surface area contributed by atoms with Crippen LogP contribution in [-0.4, -0.2) is 119 Å². The molecule has 1 amide bonds. The van der Waals surface area contributed by atoms with Crippen LogP contribution in [0.3, 0.4) is 0 Å². The van der Waals surface area contributed by atoms with Crippen molar-refractivity contribution in [1.82, 2.24) is 10.2 Å². The van der Waals surface area contributed by atoms with Crippen molar-refractivity contribution in [3.8, 4) is 0 Å². The van der Waals surface area contributed by atoms with Crippen molar-refractivity contribution < 1.29 is 66.7 Å². The number of allylic oxidation sites excluding steroid dienone is 2. The number of esters is 6. The maximum Gasteiger partial charge on any atom is 0.407 e. The minimum atomic E-state index is -1.47. The number of likely N-dealkylation sites (tertiary alicyclic amines) is 1. The zero-order valence-corrected chi connectivity index (χ0v) is 46.1. The molecule has 1 unspecified atom stereocenters. The molecule has 0 aromatic carbocycles. The monoisotopic (exact) mass is 1050 g/mol. The van der Waals surface area contributed by atoms with E-state index in [0.29, 0.717) is 64.7 Å². The highest BCUT2D eigenvalue weighted by Crippen LogP contribution is 2.30. The standard InChI is InChI=1S/C58H98N2O14/c1-4-7-10-13-15-17-26-42-68-51(61)32-20-22-34-53(63)70-45-58(48-73-56(66)44-49-29-28-30-49,46-71-54(64)35-23-21-33-52(62)69-43-27-18-16-14-11-8-5-2)47-72-55(65)37-36-50(31-19-12-9-6-3)74-57(67)59-38-41-60-39-24-25-40-60/h15-18,49-50H,4-14,19-48H2,1-3H3,(H,59,67)/b17-15-,18-16-. The number of unbranched alkanes of at least 4 members (excludes halogenated alkanes) is 11. The SMILES string of the molecule is CCCCC/C=C\CCOC(=O)CCCCC(=O)OCC(COC(=O)CCCCC(=O)OCC/C=C\CCCCC)(COC(=O)CCC(CCCCCC)OC(=O)NCCN1CCCC1)COC(=O)CC1CCC1. The zero-order chi connectivity index (χ0) is 53.8. The Balaban J connectivity index is 2.08. The lowest BCUT2D eigenvalue weighted by atomic mass is 9.83. The fourth-order valence-corrected chi connectivity index (χ4v) is 8.45. The fourth-order valence-electron chi connectivity index (χ4n) is 8.45. The topological polar surface area (TPSA) is 199 Å². The van der Waals surface area contributed by atoms with Crippen LogP contribution in [0.25, 0.3) is 0 Å². The number of hydrogen-bond acceptors (Lipinski definition) is 15. The van der Waals surface area contributed by atoms with Gasteiger partial charge in [0.2, 0.25) is 0 Å². The molecule has 0 radical (unpaired) electrons. The predicted octanol–water partition coefficient (Wildman–Crippen LogP) is 11.5. The smallest absolute Gasteiger partial charge is 0.407 e. The van der Waals surface area contributed by atoms with Crippen LogP contribution in [0.4, 0.5) is 4.79 Å². The Morgan fingerprint density at radius 3 is 1.42 bits per heavy atom. The summed E-state index contributed by atoms with van der Waals surface area (Å²) >= 11 is 0. The minimum absolute atomic E-state index is 0.0193. The second-order valence-electron chi connectivity index (χ2n) is 20.4. The minimum Gasteiger partial charge on any atom is -0.465 e. The first-order valence-electron chi connectivity index (χ1n) is 28.9. The first-order chi connectivity index (χ1) is 36.0. The Hall–Kier alpha value is -4.47. The second kappa shape index (κ2) is 43.7. The third-order valence-electron chi connectivity index (χ3n) is 13.5. The van der Waals surface area contributed by atoms with Crippen LogP contribution in [0.1, 0.15) is 220 Å². The number of rotatable bonds is 46. The average molecular weight is 1050 g/mol. The summed E-state index contributed by atoms with van der Waals surface area (Å²) in [5.74, 6) is -2.74. The molecule has 1 atom stereocenters. The van der Waals surface area contributed by atoms with Crippen LogP contribution in [-0.2, 0) is 61.9 Å². The van der Waals surface area contributed by atoms with Crippen molar-refractivity contribution in [2.75, 3.05) is 65.8 Å². The van der Waals surface area contributed by atoms with E-state index in [9.17, 15) is 33.6 Å². The van der Waals surface area contributed by atoms with E-state index < -0.39 is 61.3 Å². The van der Waals surface area contributed by atoms with E-state index in [1.54, 1.807) is 0 Å². The number of carbonyl (C=O) groups excluding carboxylic acids is 7. The molecule has 2 aliphatic rings. The molecule has 1 aliphatic carbocycles. The summed E-state index contributed by atoms with van der Waals surface area (Å²) in [5, 5.41) is 2.85. The molecule has 74 heavy (non-hydrogen) atoms. The molecule has 0 aromatic rings. The average Bonchev–Trinajstić information content (AvgIpc) is 3.90. The Morgan fingerprint density at radius 1 is 0.500 bits per heavy atom. The van der Waals surface area contributed by atoms with Crippen molar-refractivity contribution in [2.45, 2.75) is 226 Å². The maximum atomic E-state index is 13.5. The third kappa shape index (κ3) is 35.7. The lowest BCUT2D eigenvalue weighted by Crippen LogP contribution is -2.44. The number of nitrogens with one attached hydrogen (secondary N) is 1. The molecule has 1 saturated heterocycles. The summed E-state index contributed by atoms with van der Waals surface area (Å²) in [6.45, 7) is 8.68. The first kappa shape index (κ1) is 65.6. The molecule has 16 nitrogen and oxygen atoms in total. The van der Waals surface area contributed by atoms with Gasteiger partial charge in [0.05, 0.1) is 13.2 Å². The van der Waals surface area contributed by atoms with E-state index in [1.165, 1.54) is 12.8 Å². The van der Waals surface area contributed by atoms with Gasteiger partial charge in [0, 0.05) is 51.6 Å². The molecular weight excluding hydrogens is 949 g/mol. The van der Waals surface area contributed by atoms with Gasteiger partial charge in [-0.1, -0.05) is 96.4 Å². The molecule has 16 heteroatoms. The summed E-state index contributed by atoms with van der Waals surface area (Å²) < 4.78 is 39.6. The number of amides is 1. The van der Waals surface area contributed by atoms with Crippen LogP contribution in [0.15, 0.2) is 24.3 Å². The van der Waals surface area contributed by atoms with Crippen molar-refractivity contribution >= 4 is 41.9 Å². The van der Waals surface area contributed by atoms with E-state index in [1.807, 2.05) is 12.2 Å². The van der Waals surface area contributed by atoms with Gasteiger partial charge in [-0.05, 0) is 128 Å². The lowest BCUT2D eigenvalue weighted by molar-refractivity contribution is -0.171. The third-order valence-corrected chi connectivity index (χ3v) is 13.5. The molecule has 1 saturated carbocycles. The van der Waals surface area contributed by atoms with E-state index in [-0.39, 0.29) is 69.4 Å². The Morgan fingerprint density at radius 2 is 0.946 bits per heavy atom. The number of nitrogens with zero attached hydrogens (tertiary/aromatic N) is 1. The van der Waals surface area contributed by atoms with Crippen molar-refractivity contribution in [1.29, 1.82) is 0 Å². The van der Waals surface area contributed by atoms with E-state index in [4.69, 9.17) is 33.2 Å². The van der Waals surface area contributed by atoms with Gasteiger partial charge in [0.25, 0.3) is 0 Å². The molecule has 1 heterocycles. The quantitative estimate of drug-likeness (QED) is 0.0261. The van der Waals surface area contributed by atoms with Crippen LogP contribution in [0, 0.1) is 11.3 Å². The summed E-state index contributed by atoms with van der Waals surface area (Å²) in [4.78, 5) is 92.9. The highest BCUT2D eigenvalue weighted by atomic mass is 16.6. The van der Waals surface area contributed by atoms with Gasteiger partial charge >= 0.3 is 41.9 Å². The van der Waals surface area contributed by atoms with Crippen LogP contribution >= 0.6 is 0 Å². The predicted molar refractivity (Wildman–Crippen MR) is 285 cm³/mol. The molecule has 0 bridgehead atoms. The van der Waals surface area contributed by atoms with Gasteiger partial charge < -0.3 is 43.4 Å². The lowest BCUT2D eigenvalue weighted by Gasteiger charge is -2.32. The zero-order valence-electron chi connectivity index (χ0n) is 46.1. The maximum absolute atomic E-state index is 13.5. The number of ether oxygens (including phenoxy) is 7. The van der Waals surface area contributed by atoms with Crippen LogP contribution in [0.2, 0.25) is 0 Å². The molecule has 2 fully saturated rings. The molecule has 1 aliphatic heterocycles. The Bertz CT molecular complexity index is 1550. The molecule has 2 rings (SSSR count). The highest BCUT2D eigenvalue weighted by molar-refractivity contribution is 5.72. The first-order valence-corrected chi connectivity index (χ1v) is 28.9. The Labute approximate surface area is 444 Å². The van der Waals surface area contributed by atoms with Gasteiger partial charge in [-0.25, -0.2) is 4.79 Å². The molecule has 1 N–H and O–H groups in total. The Kier molecular flexibility index (Phi) is 38.8. The summed E-state index contributed by atoms with van der Waals surface area (Å²) in [5.41, 5.74) is -1.47. The number of alkyl carbamates (subject to hydrolysis) is 1. The molecular formula is C58H98N2O14. The van der Waals surface area contributed by atoms with Gasteiger partial charge in [-0.2, -0.15) is 0 Å². The van der Waals surface area contributed by atoms with E-state index in [2.05, 4.69) is 43.1 Å². The number of carbonyl (C=O) groups is 7. The fraction of sp³-hybridized carbons (Fsp3) is 0.810. The van der Waals surface area contributed by atoms with Gasteiger partial charge in [0.1, 0.15) is 37.9 Å². The van der Waals surface area contributed by atoms with Crippen molar-refractivity contribution in [3.05, 3.63) is 24.3 Å². The van der Waals surface area contributed by atoms with E-state index >= 15 is 0 Å². The normalized spacial score (nSPS) is 14.4. The van der Waals surface area contributed by atoms with Gasteiger partial charge in [-0.15, -0.1) is 0 Å². The molecule has 0 spiro atoms.